The fourth-order valence-electron chi connectivity index (χ4n) is 2.22. The molecule has 0 aliphatic carbocycles. The van der Waals surface area contributed by atoms with Gasteiger partial charge >= 0.3 is 0 Å². The summed E-state index contributed by atoms with van der Waals surface area (Å²) in [5, 5.41) is 3.41. The number of hydrogen-bond donors (Lipinski definition) is 1. The van der Waals surface area contributed by atoms with Crippen molar-refractivity contribution >= 4 is 5.69 Å². The van der Waals surface area contributed by atoms with Gasteiger partial charge in [-0.25, -0.2) is 4.39 Å². The van der Waals surface area contributed by atoms with Crippen molar-refractivity contribution in [3.63, 3.8) is 0 Å². The van der Waals surface area contributed by atoms with Crippen LogP contribution in [0.1, 0.15) is 17.2 Å². The van der Waals surface area contributed by atoms with Gasteiger partial charge in [-0.1, -0.05) is 30.3 Å². The van der Waals surface area contributed by atoms with Gasteiger partial charge in [-0.05, 0) is 35.7 Å². The number of fused-ring (bicyclic) bond motifs is 1. The number of halogens is 1. The van der Waals surface area contributed by atoms with E-state index in [4.69, 9.17) is 0 Å². The molecule has 0 saturated heterocycles. The molecule has 0 fully saturated rings. The van der Waals surface area contributed by atoms with Crippen molar-refractivity contribution < 1.29 is 4.39 Å². The summed E-state index contributed by atoms with van der Waals surface area (Å²) >= 11 is 0. The van der Waals surface area contributed by atoms with E-state index in [1.807, 2.05) is 24.3 Å². The lowest BCUT2D eigenvalue weighted by Crippen LogP contribution is -2.04. The minimum absolute atomic E-state index is 0.158. The smallest absolute Gasteiger partial charge is 0.123 e. The third kappa shape index (κ3) is 1.56. The topological polar surface area (TPSA) is 12.0 Å². The summed E-state index contributed by atoms with van der Waals surface area (Å²) in [6.45, 7) is 0. The molecular formula is C14H12FN. The Morgan fingerprint density at radius 2 is 1.88 bits per heavy atom. The lowest BCUT2D eigenvalue weighted by Gasteiger charge is -2.10. The average molecular weight is 213 g/mol. The van der Waals surface area contributed by atoms with E-state index in [0.717, 1.165) is 17.7 Å². The van der Waals surface area contributed by atoms with Crippen molar-refractivity contribution in [1.29, 1.82) is 0 Å². The minimum Gasteiger partial charge on any atom is -0.378 e. The fourth-order valence-corrected chi connectivity index (χ4v) is 2.22. The maximum Gasteiger partial charge on any atom is 0.123 e. The molecule has 0 amide bonds. The standard InChI is InChI=1S/C14H12FN/c15-12-6-7-13-11(8-12)9-14(16-13)10-4-2-1-3-5-10/h1-8,14,16H,9H2. The first kappa shape index (κ1) is 9.40. The molecule has 1 aliphatic heterocycles. The third-order valence-corrected chi connectivity index (χ3v) is 3.02. The van der Waals surface area contributed by atoms with Crippen LogP contribution in [0.5, 0.6) is 0 Å². The number of anilines is 1. The van der Waals surface area contributed by atoms with E-state index in [-0.39, 0.29) is 11.9 Å². The molecule has 0 saturated carbocycles. The molecule has 1 N–H and O–H groups in total. The normalized spacial score (nSPS) is 17.9. The summed E-state index contributed by atoms with van der Waals surface area (Å²) in [5.41, 5.74) is 3.36. The molecular weight excluding hydrogens is 201 g/mol. The van der Waals surface area contributed by atoms with Gasteiger partial charge in [0.05, 0.1) is 6.04 Å². The highest BCUT2D eigenvalue weighted by Crippen LogP contribution is 2.34. The second kappa shape index (κ2) is 3.63. The first-order chi connectivity index (χ1) is 7.83. The van der Waals surface area contributed by atoms with Gasteiger partial charge < -0.3 is 5.32 Å². The van der Waals surface area contributed by atoms with Crippen molar-refractivity contribution in [3.05, 3.63) is 65.5 Å². The van der Waals surface area contributed by atoms with Crippen LogP contribution in [-0.2, 0) is 6.42 Å². The Balaban J connectivity index is 1.91. The van der Waals surface area contributed by atoms with E-state index in [1.54, 1.807) is 6.07 Å². The molecule has 0 aromatic heterocycles. The lowest BCUT2D eigenvalue weighted by atomic mass is 10.0. The Hall–Kier alpha value is -1.83. The van der Waals surface area contributed by atoms with Crippen molar-refractivity contribution in [2.75, 3.05) is 5.32 Å². The molecule has 1 heterocycles. The van der Waals surface area contributed by atoms with Gasteiger partial charge in [0.2, 0.25) is 0 Å². The van der Waals surface area contributed by atoms with E-state index in [2.05, 4.69) is 17.4 Å². The van der Waals surface area contributed by atoms with Crippen LogP contribution in [0.4, 0.5) is 10.1 Å². The second-order valence-electron chi connectivity index (χ2n) is 4.11. The zero-order valence-electron chi connectivity index (χ0n) is 8.78. The van der Waals surface area contributed by atoms with Crippen molar-refractivity contribution in [2.24, 2.45) is 0 Å². The maximum absolute atomic E-state index is 13.1. The van der Waals surface area contributed by atoms with E-state index in [0.29, 0.717) is 0 Å². The summed E-state index contributed by atoms with van der Waals surface area (Å²) in [7, 11) is 0. The van der Waals surface area contributed by atoms with Crippen LogP contribution in [0.15, 0.2) is 48.5 Å². The lowest BCUT2D eigenvalue weighted by molar-refractivity contribution is 0.626. The zero-order valence-corrected chi connectivity index (χ0v) is 8.78. The van der Waals surface area contributed by atoms with Crippen LogP contribution >= 0.6 is 0 Å². The molecule has 1 aliphatic rings. The summed E-state index contributed by atoms with van der Waals surface area (Å²) < 4.78 is 13.1. The van der Waals surface area contributed by atoms with Crippen LogP contribution < -0.4 is 5.32 Å². The molecule has 2 aromatic carbocycles. The molecule has 3 rings (SSSR count). The zero-order chi connectivity index (χ0) is 11.0. The molecule has 1 atom stereocenters. The molecule has 1 nitrogen and oxygen atoms in total. The van der Waals surface area contributed by atoms with Crippen molar-refractivity contribution in [1.82, 2.24) is 0 Å². The first-order valence-corrected chi connectivity index (χ1v) is 5.43. The van der Waals surface area contributed by atoms with Gasteiger partial charge in [-0.3, -0.25) is 0 Å². The van der Waals surface area contributed by atoms with Gasteiger partial charge in [0.25, 0.3) is 0 Å². The SMILES string of the molecule is Fc1ccc2c(c1)CC(c1ccccc1)N2. The predicted octanol–water partition coefficient (Wildman–Crippen LogP) is 3.54. The first-order valence-electron chi connectivity index (χ1n) is 5.43. The Morgan fingerprint density at radius 1 is 1.06 bits per heavy atom. The summed E-state index contributed by atoms with van der Waals surface area (Å²) in [6, 6.07) is 15.5. The monoisotopic (exact) mass is 213 g/mol. The third-order valence-electron chi connectivity index (χ3n) is 3.02. The van der Waals surface area contributed by atoms with Crippen molar-refractivity contribution in [3.8, 4) is 0 Å². The Bertz CT molecular complexity index is 507. The van der Waals surface area contributed by atoms with Crippen molar-refractivity contribution in [2.45, 2.75) is 12.5 Å². The maximum atomic E-state index is 13.1. The average Bonchev–Trinajstić information content (AvgIpc) is 2.73. The highest BCUT2D eigenvalue weighted by molar-refractivity contribution is 5.58. The minimum atomic E-state index is -0.158. The Kier molecular flexibility index (Phi) is 2.13. The number of benzene rings is 2. The quantitative estimate of drug-likeness (QED) is 0.764. The number of rotatable bonds is 1. The van der Waals surface area contributed by atoms with Crippen LogP contribution in [0, 0.1) is 5.82 Å². The molecule has 0 bridgehead atoms. The van der Waals surface area contributed by atoms with Crippen LogP contribution in [0.3, 0.4) is 0 Å². The van der Waals surface area contributed by atoms with Gasteiger partial charge in [0, 0.05) is 5.69 Å². The molecule has 1 unspecified atom stereocenters. The molecule has 0 spiro atoms. The van der Waals surface area contributed by atoms with Gasteiger partial charge in [0.15, 0.2) is 0 Å². The number of hydrogen-bond acceptors (Lipinski definition) is 1. The molecule has 16 heavy (non-hydrogen) atoms. The van der Waals surface area contributed by atoms with Gasteiger partial charge in [-0.15, -0.1) is 0 Å². The predicted molar refractivity (Wildman–Crippen MR) is 62.9 cm³/mol. The second-order valence-corrected chi connectivity index (χ2v) is 4.11. The van der Waals surface area contributed by atoms with E-state index >= 15 is 0 Å². The van der Waals surface area contributed by atoms with Crippen LogP contribution in [-0.4, -0.2) is 0 Å². The fraction of sp³-hybridized carbons (Fsp3) is 0.143. The highest BCUT2D eigenvalue weighted by Gasteiger charge is 2.21. The van der Waals surface area contributed by atoms with E-state index in [9.17, 15) is 4.39 Å². The summed E-state index contributed by atoms with van der Waals surface area (Å²) in [6.07, 6.45) is 0.858. The van der Waals surface area contributed by atoms with Crippen LogP contribution in [0.2, 0.25) is 0 Å². The van der Waals surface area contributed by atoms with E-state index < -0.39 is 0 Å². The number of nitrogens with one attached hydrogen (secondary N) is 1. The molecule has 80 valence electrons. The highest BCUT2D eigenvalue weighted by atomic mass is 19.1. The van der Waals surface area contributed by atoms with Gasteiger partial charge in [0.1, 0.15) is 5.82 Å². The molecule has 2 aromatic rings. The molecule has 2 heteroatoms. The van der Waals surface area contributed by atoms with Crippen LogP contribution in [0.25, 0.3) is 0 Å². The largest absolute Gasteiger partial charge is 0.378 e. The van der Waals surface area contributed by atoms with Gasteiger partial charge in [-0.2, -0.15) is 0 Å². The Labute approximate surface area is 93.9 Å². The summed E-state index contributed by atoms with van der Waals surface area (Å²) in [4.78, 5) is 0. The Morgan fingerprint density at radius 3 is 2.69 bits per heavy atom. The van der Waals surface area contributed by atoms with E-state index in [1.165, 1.54) is 11.6 Å². The summed E-state index contributed by atoms with van der Waals surface area (Å²) in [5.74, 6) is -0.158. The molecule has 0 radical (unpaired) electrons.